The topological polar surface area (TPSA) is 69.8 Å². The van der Waals surface area contributed by atoms with Gasteiger partial charge in [-0.15, -0.1) is 11.8 Å². The van der Waals surface area contributed by atoms with E-state index in [9.17, 15) is 4.79 Å². The predicted octanol–water partition coefficient (Wildman–Crippen LogP) is 1.14. The molecule has 5 nitrogen and oxygen atoms in total. The number of carbonyl (C=O) groups is 1. The molecular formula is C11H18N4OS. The standard InChI is InChI=1S/C11H18N4OS/c1-8-6-10(15-14-8)13-11(16)7-17-9-2-4-12-5-3-9/h6,9,12H,2-5,7H2,1H3,(H2,13,14,15,16). The quantitative estimate of drug-likeness (QED) is 0.753. The molecule has 1 saturated heterocycles. The number of piperidine rings is 1. The van der Waals surface area contributed by atoms with Crippen molar-refractivity contribution in [2.45, 2.75) is 25.0 Å². The molecule has 0 unspecified atom stereocenters. The summed E-state index contributed by atoms with van der Waals surface area (Å²) in [5, 5.41) is 13.5. The van der Waals surface area contributed by atoms with Crippen LogP contribution in [0.4, 0.5) is 5.82 Å². The molecule has 0 radical (unpaired) electrons. The number of H-pyrrole nitrogens is 1. The molecule has 1 aliphatic rings. The number of nitrogens with zero attached hydrogens (tertiary/aromatic N) is 1. The van der Waals surface area contributed by atoms with Crippen LogP contribution in [0, 0.1) is 6.92 Å². The summed E-state index contributed by atoms with van der Waals surface area (Å²) < 4.78 is 0. The van der Waals surface area contributed by atoms with Gasteiger partial charge < -0.3 is 10.6 Å². The van der Waals surface area contributed by atoms with Crippen molar-refractivity contribution in [1.29, 1.82) is 0 Å². The highest BCUT2D eigenvalue weighted by molar-refractivity contribution is 8.00. The molecule has 0 aliphatic carbocycles. The number of hydrogen-bond acceptors (Lipinski definition) is 4. The van der Waals surface area contributed by atoms with Gasteiger partial charge in [0.1, 0.15) is 0 Å². The van der Waals surface area contributed by atoms with Crippen LogP contribution in [0.2, 0.25) is 0 Å². The van der Waals surface area contributed by atoms with Gasteiger partial charge in [-0.2, -0.15) is 5.10 Å². The van der Waals surface area contributed by atoms with Crippen LogP contribution in [0.5, 0.6) is 0 Å². The smallest absolute Gasteiger partial charge is 0.235 e. The Morgan fingerprint density at radius 1 is 1.59 bits per heavy atom. The average molecular weight is 254 g/mol. The fourth-order valence-corrected chi connectivity index (χ4v) is 2.84. The lowest BCUT2D eigenvalue weighted by Gasteiger charge is -2.21. The zero-order chi connectivity index (χ0) is 12.1. The number of aryl methyl sites for hydroxylation is 1. The van der Waals surface area contributed by atoms with Crippen molar-refractivity contribution in [2.24, 2.45) is 0 Å². The first-order chi connectivity index (χ1) is 8.24. The highest BCUT2D eigenvalue weighted by Gasteiger charge is 2.15. The zero-order valence-corrected chi connectivity index (χ0v) is 10.8. The largest absolute Gasteiger partial charge is 0.317 e. The van der Waals surface area contributed by atoms with Gasteiger partial charge in [0.2, 0.25) is 5.91 Å². The van der Waals surface area contributed by atoms with E-state index in [2.05, 4.69) is 20.8 Å². The van der Waals surface area contributed by atoms with Crippen LogP contribution in [0.15, 0.2) is 6.07 Å². The Kier molecular flexibility index (Phi) is 4.44. The van der Waals surface area contributed by atoms with Gasteiger partial charge in [0.25, 0.3) is 0 Å². The molecule has 17 heavy (non-hydrogen) atoms. The minimum atomic E-state index is 0.0278. The first-order valence-electron chi connectivity index (χ1n) is 5.88. The minimum Gasteiger partial charge on any atom is -0.317 e. The van der Waals surface area contributed by atoms with Crippen molar-refractivity contribution in [3.63, 3.8) is 0 Å². The Labute approximate surface area is 105 Å². The maximum Gasteiger partial charge on any atom is 0.235 e. The summed E-state index contributed by atoms with van der Waals surface area (Å²) in [6, 6.07) is 1.83. The Bertz CT molecular complexity index is 373. The molecule has 0 aromatic carbocycles. The van der Waals surface area contributed by atoms with Crippen molar-refractivity contribution in [3.8, 4) is 0 Å². The Morgan fingerprint density at radius 3 is 3.00 bits per heavy atom. The second-order valence-corrected chi connectivity index (χ2v) is 5.53. The third-order valence-electron chi connectivity index (χ3n) is 2.71. The number of carbonyl (C=O) groups excluding carboxylic acids is 1. The maximum atomic E-state index is 11.7. The molecule has 94 valence electrons. The zero-order valence-electron chi connectivity index (χ0n) is 9.95. The molecule has 2 rings (SSSR count). The lowest BCUT2D eigenvalue weighted by Crippen LogP contribution is -2.30. The molecule has 1 aromatic heterocycles. The molecule has 6 heteroatoms. The molecule has 1 amide bonds. The van der Waals surface area contributed by atoms with Crippen LogP contribution in [-0.4, -0.2) is 40.2 Å². The monoisotopic (exact) mass is 254 g/mol. The third kappa shape index (κ3) is 4.05. The average Bonchev–Trinajstić information content (AvgIpc) is 2.73. The maximum absolute atomic E-state index is 11.7. The van der Waals surface area contributed by atoms with Crippen molar-refractivity contribution < 1.29 is 4.79 Å². The van der Waals surface area contributed by atoms with Crippen LogP contribution in [-0.2, 0) is 4.79 Å². The number of amides is 1. The number of hydrogen-bond donors (Lipinski definition) is 3. The van der Waals surface area contributed by atoms with Crippen LogP contribution in [0.25, 0.3) is 0 Å². The molecule has 2 heterocycles. The van der Waals surface area contributed by atoms with E-state index in [1.54, 1.807) is 11.8 Å². The Hall–Kier alpha value is -1.01. The van der Waals surface area contributed by atoms with Crippen molar-refractivity contribution in [1.82, 2.24) is 15.5 Å². The summed E-state index contributed by atoms with van der Waals surface area (Å²) in [6.07, 6.45) is 2.30. The van der Waals surface area contributed by atoms with E-state index in [1.165, 1.54) is 0 Å². The van der Waals surface area contributed by atoms with Crippen molar-refractivity contribution >= 4 is 23.5 Å². The summed E-state index contributed by atoms with van der Waals surface area (Å²) in [5.74, 6) is 1.15. The third-order valence-corrected chi connectivity index (χ3v) is 4.08. The summed E-state index contributed by atoms with van der Waals surface area (Å²) in [5.41, 5.74) is 0.950. The molecule has 0 spiro atoms. The van der Waals surface area contributed by atoms with Crippen LogP contribution in [0.1, 0.15) is 18.5 Å². The molecule has 0 bridgehead atoms. The number of anilines is 1. The summed E-state index contributed by atoms with van der Waals surface area (Å²) >= 11 is 1.74. The highest BCUT2D eigenvalue weighted by Crippen LogP contribution is 2.20. The summed E-state index contributed by atoms with van der Waals surface area (Å²) in [7, 11) is 0. The number of rotatable bonds is 4. The fourth-order valence-electron chi connectivity index (χ4n) is 1.82. The van der Waals surface area contributed by atoms with E-state index in [0.29, 0.717) is 16.8 Å². The van der Waals surface area contributed by atoms with Gasteiger partial charge in [-0.25, -0.2) is 0 Å². The fraction of sp³-hybridized carbons (Fsp3) is 0.636. The van der Waals surface area contributed by atoms with Crippen LogP contribution >= 0.6 is 11.8 Å². The number of aromatic amines is 1. The van der Waals surface area contributed by atoms with Gasteiger partial charge in [-0.3, -0.25) is 9.89 Å². The second-order valence-electron chi connectivity index (χ2n) is 4.24. The number of nitrogens with one attached hydrogen (secondary N) is 3. The molecular weight excluding hydrogens is 236 g/mol. The van der Waals surface area contributed by atoms with Crippen molar-refractivity contribution in [3.05, 3.63) is 11.8 Å². The van der Waals surface area contributed by atoms with E-state index >= 15 is 0 Å². The first kappa shape index (κ1) is 12.4. The molecule has 0 atom stereocenters. The Morgan fingerprint density at radius 2 is 2.35 bits per heavy atom. The molecule has 0 saturated carbocycles. The minimum absolute atomic E-state index is 0.0278. The molecule has 1 aliphatic heterocycles. The lowest BCUT2D eigenvalue weighted by molar-refractivity contribution is -0.113. The second kappa shape index (κ2) is 6.07. The van der Waals surface area contributed by atoms with E-state index in [-0.39, 0.29) is 5.91 Å². The van der Waals surface area contributed by atoms with E-state index in [0.717, 1.165) is 31.6 Å². The molecule has 1 fully saturated rings. The lowest BCUT2D eigenvalue weighted by atomic mass is 10.2. The van der Waals surface area contributed by atoms with Gasteiger partial charge in [-0.05, 0) is 32.9 Å². The van der Waals surface area contributed by atoms with E-state index in [4.69, 9.17) is 0 Å². The van der Waals surface area contributed by atoms with Crippen LogP contribution in [0.3, 0.4) is 0 Å². The van der Waals surface area contributed by atoms with Crippen LogP contribution < -0.4 is 10.6 Å². The van der Waals surface area contributed by atoms with Gasteiger partial charge in [0.15, 0.2) is 5.82 Å². The SMILES string of the molecule is Cc1cc(NC(=O)CSC2CCNCC2)n[nH]1. The van der Waals surface area contributed by atoms with E-state index < -0.39 is 0 Å². The number of thioether (sulfide) groups is 1. The van der Waals surface area contributed by atoms with Crippen molar-refractivity contribution in [2.75, 3.05) is 24.2 Å². The predicted molar refractivity (Wildman–Crippen MR) is 70.3 cm³/mol. The van der Waals surface area contributed by atoms with Gasteiger partial charge in [0.05, 0.1) is 5.75 Å². The molecule has 1 aromatic rings. The van der Waals surface area contributed by atoms with E-state index in [1.807, 2.05) is 13.0 Å². The Balaban J connectivity index is 1.70. The molecule has 3 N–H and O–H groups in total. The normalized spacial score (nSPS) is 17.0. The van der Waals surface area contributed by atoms with Gasteiger partial charge >= 0.3 is 0 Å². The first-order valence-corrected chi connectivity index (χ1v) is 6.93. The van der Waals surface area contributed by atoms with Gasteiger partial charge in [-0.1, -0.05) is 0 Å². The highest BCUT2D eigenvalue weighted by atomic mass is 32.2. The summed E-state index contributed by atoms with van der Waals surface area (Å²) in [4.78, 5) is 11.7. The number of aromatic nitrogens is 2. The van der Waals surface area contributed by atoms with Gasteiger partial charge in [0, 0.05) is 17.0 Å². The summed E-state index contributed by atoms with van der Waals surface area (Å²) in [6.45, 7) is 4.04.